The van der Waals surface area contributed by atoms with E-state index in [4.69, 9.17) is 27.9 Å². The molecule has 1 heterocycles. The molecule has 0 radical (unpaired) electrons. The highest BCUT2D eigenvalue weighted by molar-refractivity contribution is 6.31. The summed E-state index contributed by atoms with van der Waals surface area (Å²) in [7, 11) is 0. The average Bonchev–Trinajstić information content (AvgIpc) is 2.69. The molecule has 0 aliphatic heterocycles. The van der Waals surface area contributed by atoms with Gasteiger partial charge >= 0.3 is 0 Å². The van der Waals surface area contributed by atoms with Gasteiger partial charge in [0.05, 0.1) is 5.02 Å². The van der Waals surface area contributed by atoms with Crippen molar-refractivity contribution < 1.29 is 14.3 Å². The minimum absolute atomic E-state index is 0.121. The van der Waals surface area contributed by atoms with E-state index in [1.165, 1.54) is 6.20 Å². The molecule has 2 aromatic carbocycles. The molecular weight excluding hydrogens is 387 g/mol. The van der Waals surface area contributed by atoms with Gasteiger partial charge in [0.2, 0.25) is 0 Å². The molecule has 5 nitrogen and oxygen atoms in total. The van der Waals surface area contributed by atoms with Crippen molar-refractivity contribution in [2.45, 2.75) is 0 Å². The zero-order chi connectivity index (χ0) is 19.2. The van der Waals surface area contributed by atoms with Crippen LogP contribution in [0.15, 0.2) is 66.9 Å². The fourth-order valence-corrected chi connectivity index (χ4v) is 2.49. The minimum Gasteiger partial charge on any atom is -0.484 e. The van der Waals surface area contributed by atoms with Crippen molar-refractivity contribution in [1.82, 2.24) is 4.98 Å². The van der Waals surface area contributed by atoms with Crippen molar-refractivity contribution in [3.05, 3.63) is 88.0 Å². The van der Waals surface area contributed by atoms with E-state index in [-0.39, 0.29) is 18.3 Å². The van der Waals surface area contributed by atoms with Crippen LogP contribution in [-0.4, -0.2) is 23.3 Å². The summed E-state index contributed by atoms with van der Waals surface area (Å²) in [6.07, 6.45) is 1.44. The van der Waals surface area contributed by atoms with Crippen LogP contribution in [0.1, 0.15) is 15.9 Å². The molecule has 0 aliphatic carbocycles. The van der Waals surface area contributed by atoms with Crippen LogP contribution in [0.5, 0.6) is 5.75 Å². The number of nitrogens with one attached hydrogen (secondary N) is 1. The number of halogens is 2. The average molecular weight is 401 g/mol. The highest BCUT2D eigenvalue weighted by Crippen LogP contribution is 2.17. The van der Waals surface area contributed by atoms with E-state index in [2.05, 4.69) is 10.3 Å². The van der Waals surface area contributed by atoms with Crippen LogP contribution in [0.4, 0.5) is 5.82 Å². The Morgan fingerprint density at radius 1 is 0.852 bits per heavy atom. The fourth-order valence-electron chi connectivity index (χ4n) is 2.25. The number of hydrogen-bond donors (Lipinski definition) is 1. The van der Waals surface area contributed by atoms with Gasteiger partial charge in [-0.1, -0.05) is 23.2 Å². The molecule has 27 heavy (non-hydrogen) atoms. The lowest BCUT2D eigenvalue weighted by Crippen LogP contribution is -2.20. The van der Waals surface area contributed by atoms with Crippen LogP contribution in [0, 0.1) is 0 Å². The van der Waals surface area contributed by atoms with Gasteiger partial charge in [0.15, 0.2) is 12.4 Å². The van der Waals surface area contributed by atoms with E-state index in [0.717, 1.165) is 0 Å². The Labute approximate surface area is 165 Å². The maximum Gasteiger partial charge on any atom is 0.263 e. The summed E-state index contributed by atoms with van der Waals surface area (Å²) >= 11 is 11.6. The molecule has 0 bridgehead atoms. The van der Waals surface area contributed by atoms with Gasteiger partial charge in [-0.25, -0.2) is 4.98 Å². The number of hydrogen-bond acceptors (Lipinski definition) is 4. The number of anilines is 1. The van der Waals surface area contributed by atoms with Gasteiger partial charge in [-0.15, -0.1) is 0 Å². The molecule has 1 N–H and O–H groups in total. The largest absolute Gasteiger partial charge is 0.484 e. The first kappa shape index (κ1) is 18.9. The van der Waals surface area contributed by atoms with Crippen LogP contribution in [0.25, 0.3) is 0 Å². The summed E-state index contributed by atoms with van der Waals surface area (Å²) in [6, 6.07) is 16.5. The third kappa shape index (κ3) is 5.29. The minimum atomic E-state index is -0.355. The lowest BCUT2D eigenvalue weighted by atomic mass is 10.0. The molecule has 0 aliphatic rings. The number of aromatic nitrogens is 1. The lowest BCUT2D eigenvalue weighted by Gasteiger charge is -2.08. The Balaban J connectivity index is 1.55. The summed E-state index contributed by atoms with van der Waals surface area (Å²) in [5, 5.41) is 3.65. The molecule has 1 amide bonds. The van der Waals surface area contributed by atoms with Crippen LogP contribution in [-0.2, 0) is 4.79 Å². The van der Waals surface area contributed by atoms with E-state index >= 15 is 0 Å². The van der Waals surface area contributed by atoms with E-state index < -0.39 is 0 Å². The van der Waals surface area contributed by atoms with E-state index in [9.17, 15) is 9.59 Å². The summed E-state index contributed by atoms with van der Waals surface area (Å²) in [5.74, 6) is 0.384. The quantitative estimate of drug-likeness (QED) is 0.612. The maximum absolute atomic E-state index is 12.4. The van der Waals surface area contributed by atoms with Crippen molar-refractivity contribution in [1.29, 1.82) is 0 Å². The molecule has 1 aromatic heterocycles. The summed E-state index contributed by atoms with van der Waals surface area (Å²) in [6.45, 7) is -0.186. The predicted molar refractivity (Wildman–Crippen MR) is 105 cm³/mol. The van der Waals surface area contributed by atoms with E-state index in [1.807, 2.05) is 0 Å². The van der Waals surface area contributed by atoms with Crippen LogP contribution in [0.2, 0.25) is 10.0 Å². The Hall–Kier alpha value is -2.89. The number of ether oxygens (including phenoxy) is 1. The van der Waals surface area contributed by atoms with Crippen molar-refractivity contribution in [2.75, 3.05) is 11.9 Å². The number of rotatable bonds is 6. The van der Waals surface area contributed by atoms with Crippen molar-refractivity contribution in [3.8, 4) is 5.75 Å². The number of benzene rings is 2. The first-order chi connectivity index (χ1) is 13.0. The molecule has 136 valence electrons. The predicted octanol–water partition coefficient (Wildman–Crippen LogP) is 4.64. The Morgan fingerprint density at radius 3 is 2.04 bits per heavy atom. The molecule has 7 heteroatoms. The van der Waals surface area contributed by atoms with Crippen LogP contribution < -0.4 is 10.1 Å². The van der Waals surface area contributed by atoms with Crippen LogP contribution >= 0.6 is 23.2 Å². The number of nitrogens with zero attached hydrogens (tertiary/aromatic N) is 1. The van der Waals surface area contributed by atoms with Gasteiger partial charge < -0.3 is 10.1 Å². The first-order valence-corrected chi connectivity index (χ1v) is 8.71. The second kappa shape index (κ2) is 8.66. The Kier molecular flexibility index (Phi) is 6.06. The van der Waals surface area contributed by atoms with Crippen molar-refractivity contribution in [3.63, 3.8) is 0 Å². The molecule has 0 unspecified atom stereocenters. The third-order valence-electron chi connectivity index (χ3n) is 3.59. The van der Waals surface area contributed by atoms with Gasteiger partial charge in [-0.2, -0.15) is 0 Å². The number of amides is 1. The summed E-state index contributed by atoms with van der Waals surface area (Å²) in [5.41, 5.74) is 1.06. The normalized spacial score (nSPS) is 10.3. The van der Waals surface area contributed by atoms with Gasteiger partial charge in [-0.05, 0) is 60.7 Å². The maximum atomic E-state index is 12.4. The second-order valence-corrected chi connectivity index (χ2v) is 6.43. The SMILES string of the molecule is O=C(COc1ccc(C(=O)c2ccc(Cl)cc2)cc1)Nc1ccc(Cl)cn1. The molecule has 0 atom stereocenters. The highest BCUT2D eigenvalue weighted by atomic mass is 35.5. The van der Waals surface area contributed by atoms with E-state index in [0.29, 0.717) is 32.7 Å². The standard InChI is InChI=1S/C20H14Cl2N2O3/c21-15-5-1-13(2-6-15)20(26)14-3-8-17(9-4-14)27-12-19(25)24-18-10-7-16(22)11-23-18/h1-11H,12H2,(H,23,24,25). The third-order valence-corrected chi connectivity index (χ3v) is 4.06. The first-order valence-electron chi connectivity index (χ1n) is 7.96. The molecular formula is C20H14Cl2N2O3. The fraction of sp³-hybridized carbons (Fsp3) is 0.0500. The molecule has 0 fully saturated rings. The Bertz CT molecular complexity index is 940. The van der Waals surface area contributed by atoms with Crippen molar-refractivity contribution >= 4 is 40.7 Å². The summed E-state index contributed by atoms with van der Waals surface area (Å²) < 4.78 is 5.43. The number of pyridine rings is 1. The van der Waals surface area contributed by atoms with Crippen molar-refractivity contribution in [2.24, 2.45) is 0 Å². The topological polar surface area (TPSA) is 68.3 Å². The summed E-state index contributed by atoms with van der Waals surface area (Å²) in [4.78, 5) is 28.3. The smallest absolute Gasteiger partial charge is 0.263 e. The monoisotopic (exact) mass is 400 g/mol. The van der Waals surface area contributed by atoms with Gasteiger partial charge in [0.25, 0.3) is 5.91 Å². The van der Waals surface area contributed by atoms with Gasteiger partial charge in [0, 0.05) is 22.3 Å². The van der Waals surface area contributed by atoms with Gasteiger partial charge in [-0.3, -0.25) is 9.59 Å². The molecule has 3 rings (SSSR count). The number of carbonyl (C=O) groups excluding carboxylic acids is 2. The second-order valence-electron chi connectivity index (χ2n) is 5.56. The lowest BCUT2D eigenvalue weighted by molar-refractivity contribution is -0.118. The van der Waals surface area contributed by atoms with E-state index in [1.54, 1.807) is 60.7 Å². The van der Waals surface area contributed by atoms with Crippen LogP contribution in [0.3, 0.4) is 0 Å². The zero-order valence-corrected chi connectivity index (χ0v) is 15.5. The molecule has 3 aromatic rings. The Morgan fingerprint density at radius 2 is 1.44 bits per heavy atom. The highest BCUT2D eigenvalue weighted by Gasteiger charge is 2.10. The molecule has 0 spiro atoms. The zero-order valence-electron chi connectivity index (χ0n) is 14.0. The molecule has 0 saturated heterocycles. The number of carbonyl (C=O) groups is 2. The van der Waals surface area contributed by atoms with Gasteiger partial charge in [0.1, 0.15) is 11.6 Å². The molecule has 0 saturated carbocycles. The number of ketones is 1.